The first-order valence-electron chi connectivity index (χ1n) is 4.92. The van der Waals surface area contributed by atoms with Gasteiger partial charge in [-0.25, -0.2) is 0 Å². The molecule has 0 aromatic carbocycles. The molecular formula is C12H18O. The van der Waals surface area contributed by atoms with E-state index >= 15 is 0 Å². The standard InChI is InChI=1S/C12H18O/c1-4-9(3)8-10-6-7-12(13)11(10)5-2/h5,8,12-13H,3-4,6-7H2,1-2H3/b10-8-,11-5+. The van der Waals surface area contributed by atoms with Gasteiger partial charge < -0.3 is 5.11 Å². The first-order valence-corrected chi connectivity index (χ1v) is 4.92. The van der Waals surface area contributed by atoms with E-state index in [1.165, 1.54) is 5.57 Å². The first kappa shape index (κ1) is 10.3. The number of rotatable bonds is 2. The number of hydrogen-bond donors (Lipinski definition) is 1. The minimum Gasteiger partial charge on any atom is -0.388 e. The number of aliphatic hydroxyl groups excluding tert-OH is 1. The van der Waals surface area contributed by atoms with Gasteiger partial charge in [-0.05, 0) is 37.3 Å². The fourth-order valence-corrected chi connectivity index (χ4v) is 1.69. The maximum atomic E-state index is 9.61. The third kappa shape index (κ3) is 2.31. The summed E-state index contributed by atoms with van der Waals surface area (Å²) in [5.41, 5.74) is 3.50. The monoisotopic (exact) mass is 178 g/mol. The molecule has 0 amide bonds. The van der Waals surface area contributed by atoms with Crippen LogP contribution < -0.4 is 0 Å². The van der Waals surface area contributed by atoms with Crippen molar-refractivity contribution in [3.63, 3.8) is 0 Å². The van der Waals surface area contributed by atoms with Crippen LogP contribution in [0.1, 0.15) is 33.1 Å². The van der Waals surface area contributed by atoms with Gasteiger partial charge in [0.1, 0.15) is 0 Å². The van der Waals surface area contributed by atoms with E-state index in [9.17, 15) is 5.11 Å². The van der Waals surface area contributed by atoms with Crippen LogP contribution in [0, 0.1) is 0 Å². The van der Waals surface area contributed by atoms with Gasteiger partial charge in [0.05, 0.1) is 6.10 Å². The third-order valence-corrected chi connectivity index (χ3v) is 2.56. The summed E-state index contributed by atoms with van der Waals surface area (Å²) in [6, 6.07) is 0. The fraction of sp³-hybridized carbons (Fsp3) is 0.500. The maximum Gasteiger partial charge on any atom is 0.0792 e. The third-order valence-electron chi connectivity index (χ3n) is 2.56. The molecule has 1 aliphatic rings. The van der Waals surface area contributed by atoms with E-state index in [2.05, 4.69) is 19.6 Å². The van der Waals surface area contributed by atoms with Crippen molar-refractivity contribution in [3.8, 4) is 0 Å². The highest BCUT2D eigenvalue weighted by atomic mass is 16.3. The molecule has 0 bridgehead atoms. The zero-order valence-corrected chi connectivity index (χ0v) is 8.51. The Morgan fingerprint density at radius 2 is 2.38 bits per heavy atom. The molecule has 0 heterocycles. The molecule has 0 saturated heterocycles. The molecule has 1 atom stereocenters. The van der Waals surface area contributed by atoms with E-state index in [0.29, 0.717) is 0 Å². The average Bonchev–Trinajstić information content (AvgIpc) is 2.46. The van der Waals surface area contributed by atoms with Crippen LogP contribution in [0.2, 0.25) is 0 Å². The summed E-state index contributed by atoms with van der Waals surface area (Å²) >= 11 is 0. The van der Waals surface area contributed by atoms with Gasteiger partial charge in [0.25, 0.3) is 0 Å². The van der Waals surface area contributed by atoms with Gasteiger partial charge in [0.15, 0.2) is 0 Å². The minimum atomic E-state index is -0.249. The molecule has 1 fully saturated rings. The second kappa shape index (κ2) is 4.43. The summed E-state index contributed by atoms with van der Waals surface area (Å²) in [7, 11) is 0. The van der Waals surface area contributed by atoms with Gasteiger partial charge in [-0.3, -0.25) is 0 Å². The zero-order chi connectivity index (χ0) is 9.84. The predicted octanol–water partition coefficient (Wildman–Crippen LogP) is 2.98. The molecule has 0 spiro atoms. The molecule has 1 nitrogen and oxygen atoms in total. The van der Waals surface area contributed by atoms with E-state index in [1.54, 1.807) is 0 Å². The molecular weight excluding hydrogens is 160 g/mol. The van der Waals surface area contributed by atoms with Gasteiger partial charge in [-0.15, -0.1) is 0 Å². The quantitative estimate of drug-likeness (QED) is 0.689. The normalized spacial score (nSPS) is 28.7. The van der Waals surface area contributed by atoms with E-state index in [1.807, 2.05) is 13.0 Å². The number of hydrogen-bond acceptors (Lipinski definition) is 1. The fourth-order valence-electron chi connectivity index (χ4n) is 1.69. The van der Waals surface area contributed by atoms with Crippen LogP contribution >= 0.6 is 0 Å². The van der Waals surface area contributed by atoms with E-state index < -0.39 is 0 Å². The predicted molar refractivity (Wildman–Crippen MR) is 56.5 cm³/mol. The molecule has 72 valence electrons. The van der Waals surface area contributed by atoms with Crippen molar-refractivity contribution >= 4 is 0 Å². The minimum absolute atomic E-state index is 0.249. The van der Waals surface area contributed by atoms with E-state index in [-0.39, 0.29) is 6.10 Å². The summed E-state index contributed by atoms with van der Waals surface area (Å²) in [6.45, 7) is 8.02. The highest BCUT2D eigenvalue weighted by Crippen LogP contribution is 2.31. The van der Waals surface area contributed by atoms with Crippen molar-refractivity contribution in [3.05, 3.63) is 35.5 Å². The smallest absolute Gasteiger partial charge is 0.0792 e. The number of allylic oxidation sites excluding steroid dienone is 3. The highest BCUT2D eigenvalue weighted by molar-refractivity contribution is 5.42. The van der Waals surface area contributed by atoms with Crippen LogP contribution in [0.4, 0.5) is 0 Å². The topological polar surface area (TPSA) is 20.2 Å². The SMILES string of the molecule is C=C(/C=C1/CCC(O)/C1=C/C)CC. The van der Waals surface area contributed by atoms with Gasteiger partial charge >= 0.3 is 0 Å². The molecule has 1 N–H and O–H groups in total. The van der Waals surface area contributed by atoms with Gasteiger partial charge in [-0.2, -0.15) is 0 Å². The molecule has 1 unspecified atom stereocenters. The van der Waals surface area contributed by atoms with Crippen LogP contribution in [0.5, 0.6) is 0 Å². The molecule has 13 heavy (non-hydrogen) atoms. The highest BCUT2D eigenvalue weighted by Gasteiger charge is 2.21. The lowest BCUT2D eigenvalue weighted by Crippen LogP contribution is -2.01. The summed E-state index contributed by atoms with van der Waals surface area (Å²) in [5.74, 6) is 0. The zero-order valence-electron chi connectivity index (χ0n) is 8.51. The lowest BCUT2D eigenvalue weighted by molar-refractivity contribution is 0.218. The number of aliphatic hydroxyl groups is 1. The van der Waals surface area contributed by atoms with Crippen molar-refractivity contribution in [2.45, 2.75) is 39.2 Å². The van der Waals surface area contributed by atoms with Crippen LogP contribution in [-0.2, 0) is 0 Å². The van der Waals surface area contributed by atoms with Crippen molar-refractivity contribution in [1.82, 2.24) is 0 Å². The molecule has 1 rings (SSSR count). The van der Waals surface area contributed by atoms with Crippen LogP contribution in [0.3, 0.4) is 0 Å². The van der Waals surface area contributed by atoms with Crippen molar-refractivity contribution in [2.75, 3.05) is 0 Å². The van der Waals surface area contributed by atoms with Gasteiger partial charge in [0, 0.05) is 0 Å². The second-order valence-corrected chi connectivity index (χ2v) is 3.48. The van der Waals surface area contributed by atoms with E-state index in [4.69, 9.17) is 0 Å². The Balaban J connectivity index is 2.82. The first-order chi connectivity index (χ1) is 6.19. The Hall–Kier alpha value is -0.820. The maximum absolute atomic E-state index is 9.61. The van der Waals surface area contributed by atoms with Crippen LogP contribution in [-0.4, -0.2) is 11.2 Å². The molecule has 0 aromatic heterocycles. The van der Waals surface area contributed by atoms with Crippen LogP contribution in [0.15, 0.2) is 35.5 Å². The molecule has 0 aliphatic heterocycles. The Morgan fingerprint density at radius 1 is 1.69 bits per heavy atom. The molecule has 1 saturated carbocycles. The summed E-state index contributed by atoms with van der Waals surface area (Å²) in [4.78, 5) is 0. The Morgan fingerprint density at radius 3 is 2.92 bits per heavy atom. The van der Waals surface area contributed by atoms with E-state index in [0.717, 1.165) is 30.4 Å². The molecule has 0 radical (unpaired) electrons. The van der Waals surface area contributed by atoms with Crippen molar-refractivity contribution < 1.29 is 5.11 Å². The Bertz CT molecular complexity index is 258. The van der Waals surface area contributed by atoms with Gasteiger partial charge in [0.2, 0.25) is 0 Å². The Kier molecular flexibility index (Phi) is 3.49. The van der Waals surface area contributed by atoms with Crippen molar-refractivity contribution in [1.29, 1.82) is 0 Å². The summed E-state index contributed by atoms with van der Waals surface area (Å²) in [6.07, 6.45) is 6.71. The molecule has 1 heteroatoms. The van der Waals surface area contributed by atoms with Gasteiger partial charge in [-0.1, -0.05) is 31.2 Å². The second-order valence-electron chi connectivity index (χ2n) is 3.48. The van der Waals surface area contributed by atoms with Crippen molar-refractivity contribution in [2.24, 2.45) is 0 Å². The molecule has 1 aliphatic carbocycles. The Labute approximate surface area is 80.5 Å². The largest absolute Gasteiger partial charge is 0.388 e. The summed E-state index contributed by atoms with van der Waals surface area (Å²) < 4.78 is 0. The lowest BCUT2D eigenvalue weighted by Gasteiger charge is -2.04. The average molecular weight is 178 g/mol. The van der Waals surface area contributed by atoms with Crippen LogP contribution in [0.25, 0.3) is 0 Å². The summed E-state index contributed by atoms with van der Waals surface area (Å²) in [5, 5.41) is 9.61. The lowest BCUT2D eigenvalue weighted by atomic mass is 10.0. The molecule has 0 aromatic rings.